The van der Waals surface area contributed by atoms with E-state index >= 15 is 0 Å². The lowest BCUT2D eigenvalue weighted by atomic mass is 10.1. The largest absolute Gasteiger partial charge is 0.341 e. The summed E-state index contributed by atoms with van der Waals surface area (Å²) in [6.45, 7) is 0.599. The van der Waals surface area contributed by atoms with Crippen LogP contribution in [0.15, 0.2) is 72.9 Å². The van der Waals surface area contributed by atoms with Gasteiger partial charge in [0.25, 0.3) is 5.91 Å². The normalized spacial score (nSPS) is 10.8. The van der Waals surface area contributed by atoms with Crippen molar-refractivity contribution in [3.8, 4) is 22.5 Å². The van der Waals surface area contributed by atoms with Crippen LogP contribution < -0.4 is 0 Å². The van der Waals surface area contributed by atoms with Crippen LogP contribution in [0.1, 0.15) is 16.1 Å². The van der Waals surface area contributed by atoms with Gasteiger partial charge in [-0.1, -0.05) is 41.4 Å². The number of carbonyl (C=O) groups is 1. The number of nitrogens with one attached hydrogen (secondary N) is 1. The van der Waals surface area contributed by atoms with Crippen LogP contribution in [0.3, 0.4) is 0 Å². The van der Waals surface area contributed by atoms with Crippen LogP contribution in [0, 0.1) is 0 Å². The molecular weight excluding hydrogens is 431 g/mol. The van der Waals surface area contributed by atoms with E-state index in [4.69, 9.17) is 23.2 Å². The van der Waals surface area contributed by atoms with Crippen LogP contribution in [0.25, 0.3) is 22.5 Å². The molecule has 4 rings (SSSR count). The van der Waals surface area contributed by atoms with Gasteiger partial charge in [-0.2, -0.15) is 5.10 Å². The molecule has 0 atom stereocenters. The molecule has 0 saturated heterocycles. The van der Waals surface area contributed by atoms with Crippen LogP contribution in [0.5, 0.6) is 0 Å². The van der Waals surface area contributed by atoms with Crippen LogP contribution in [0.4, 0.5) is 0 Å². The average Bonchev–Trinajstić information content (AvgIpc) is 3.27. The van der Waals surface area contributed by atoms with E-state index in [2.05, 4.69) is 15.2 Å². The van der Waals surface area contributed by atoms with Gasteiger partial charge in [0.1, 0.15) is 0 Å². The lowest BCUT2D eigenvalue weighted by Crippen LogP contribution is -2.28. The van der Waals surface area contributed by atoms with Crippen molar-refractivity contribution in [1.82, 2.24) is 20.1 Å². The summed E-state index contributed by atoms with van der Waals surface area (Å²) in [5.74, 6) is -0.0295. The fraction of sp³-hybridized carbons (Fsp3) is 0.125. The van der Waals surface area contributed by atoms with Crippen LogP contribution in [0.2, 0.25) is 10.0 Å². The topological polar surface area (TPSA) is 61.9 Å². The molecule has 156 valence electrons. The predicted molar refractivity (Wildman–Crippen MR) is 124 cm³/mol. The molecule has 0 aliphatic rings. The van der Waals surface area contributed by atoms with E-state index < -0.39 is 0 Å². The molecule has 0 saturated carbocycles. The minimum atomic E-state index is -0.0295. The second kappa shape index (κ2) is 9.33. The Kier molecular flexibility index (Phi) is 6.35. The summed E-state index contributed by atoms with van der Waals surface area (Å²) in [7, 11) is 1.80. The number of carbonyl (C=O) groups excluding carboxylic acids is 1. The van der Waals surface area contributed by atoms with E-state index in [0.29, 0.717) is 28.6 Å². The summed E-state index contributed by atoms with van der Waals surface area (Å²) in [6, 6.07) is 20.5. The molecule has 31 heavy (non-hydrogen) atoms. The van der Waals surface area contributed by atoms with Crippen molar-refractivity contribution in [2.75, 3.05) is 13.6 Å². The third-order valence-electron chi connectivity index (χ3n) is 5.00. The number of benzene rings is 2. The molecule has 1 N–H and O–H groups in total. The number of aromatic nitrogens is 3. The van der Waals surface area contributed by atoms with Gasteiger partial charge >= 0.3 is 0 Å². The molecule has 1 amide bonds. The molecule has 2 heterocycles. The first-order valence-electron chi connectivity index (χ1n) is 9.78. The van der Waals surface area contributed by atoms with E-state index in [0.717, 1.165) is 28.2 Å². The molecule has 0 bridgehead atoms. The fourth-order valence-corrected chi connectivity index (χ4v) is 3.76. The summed E-state index contributed by atoms with van der Waals surface area (Å²) >= 11 is 12.3. The van der Waals surface area contributed by atoms with Crippen molar-refractivity contribution in [3.05, 3.63) is 94.2 Å². The number of halogens is 2. The Bertz CT molecular complexity index is 1190. The summed E-state index contributed by atoms with van der Waals surface area (Å²) in [4.78, 5) is 18.7. The van der Waals surface area contributed by atoms with Crippen molar-refractivity contribution in [1.29, 1.82) is 0 Å². The summed E-state index contributed by atoms with van der Waals surface area (Å²) in [6.07, 6.45) is 2.47. The Labute approximate surface area is 190 Å². The maximum atomic E-state index is 12.7. The highest BCUT2D eigenvalue weighted by Gasteiger charge is 2.13. The zero-order chi connectivity index (χ0) is 21.8. The average molecular weight is 451 g/mol. The van der Waals surface area contributed by atoms with E-state index in [1.807, 2.05) is 54.6 Å². The third-order valence-corrected chi connectivity index (χ3v) is 5.55. The molecule has 0 unspecified atom stereocenters. The number of hydrogen-bond donors (Lipinski definition) is 1. The smallest absolute Gasteiger partial charge is 0.253 e. The number of hydrogen-bond acceptors (Lipinski definition) is 3. The van der Waals surface area contributed by atoms with Gasteiger partial charge in [0.2, 0.25) is 0 Å². The number of amides is 1. The standard InChI is InChI=1S/C24H20Cl2N4O/c1-30(13-11-19-4-2-3-12-27-19)24(31)17-7-5-16(6-8-17)22-15-23(29-28-22)20-10-9-18(25)14-21(20)26/h2-10,12,14-15H,11,13H2,1H3,(H,28,29). The monoisotopic (exact) mass is 450 g/mol. The van der Waals surface area contributed by atoms with Gasteiger partial charge in [-0.3, -0.25) is 14.9 Å². The minimum absolute atomic E-state index is 0.0295. The maximum absolute atomic E-state index is 12.7. The van der Waals surface area contributed by atoms with Crippen LogP contribution in [-0.2, 0) is 6.42 Å². The number of rotatable bonds is 6. The Morgan fingerprint density at radius 1 is 1.03 bits per heavy atom. The first-order valence-corrected chi connectivity index (χ1v) is 10.5. The van der Waals surface area contributed by atoms with Gasteiger partial charge in [-0.05, 0) is 48.5 Å². The first-order chi connectivity index (χ1) is 15.0. The molecule has 0 spiro atoms. The quantitative estimate of drug-likeness (QED) is 0.406. The number of likely N-dealkylation sites (N-methyl/N-ethyl adjacent to an activating group) is 1. The number of pyridine rings is 1. The minimum Gasteiger partial charge on any atom is -0.341 e. The van der Waals surface area contributed by atoms with Crippen molar-refractivity contribution in [3.63, 3.8) is 0 Å². The lowest BCUT2D eigenvalue weighted by Gasteiger charge is -2.17. The summed E-state index contributed by atoms with van der Waals surface area (Å²) in [5, 5.41) is 8.53. The van der Waals surface area contributed by atoms with Gasteiger partial charge in [-0.25, -0.2) is 0 Å². The Balaban J connectivity index is 1.44. The fourth-order valence-electron chi connectivity index (χ4n) is 3.25. The number of H-pyrrole nitrogens is 1. The SMILES string of the molecule is CN(CCc1ccccn1)C(=O)c1ccc(-c2cc(-c3ccc(Cl)cc3Cl)[nH]n2)cc1. The Morgan fingerprint density at radius 2 is 1.84 bits per heavy atom. The van der Waals surface area contributed by atoms with E-state index in [-0.39, 0.29) is 5.91 Å². The Hall–Kier alpha value is -3.15. The van der Waals surface area contributed by atoms with Crippen molar-refractivity contribution in [2.45, 2.75) is 6.42 Å². The molecule has 0 radical (unpaired) electrons. The maximum Gasteiger partial charge on any atom is 0.253 e. The highest BCUT2D eigenvalue weighted by molar-refractivity contribution is 6.36. The molecule has 0 aliphatic heterocycles. The van der Waals surface area contributed by atoms with Crippen LogP contribution in [-0.4, -0.2) is 39.6 Å². The van der Waals surface area contributed by atoms with Gasteiger partial charge in [0.05, 0.1) is 16.4 Å². The zero-order valence-electron chi connectivity index (χ0n) is 16.8. The first kappa shape index (κ1) is 21.1. The van der Waals surface area contributed by atoms with Crippen molar-refractivity contribution < 1.29 is 4.79 Å². The molecular formula is C24H20Cl2N4O. The number of aromatic amines is 1. The van der Waals surface area contributed by atoms with Crippen molar-refractivity contribution in [2.24, 2.45) is 0 Å². The lowest BCUT2D eigenvalue weighted by molar-refractivity contribution is 0.0796. The van der Waals surface area contributed by atoms with Gasteiger partial charge < -0.3 is 4.90 Å². The second-order valence-electron chi connectivity index (χ2n) is 7.17. The van der Waals surface area contributed by atoms with Crippen molar-refractivity contribution >= 4 is 29.1 Å². The highest BCUT2D eigenvalue weighted by Crippen LogP contribution is 2.31. The third kappa shape index (κ3) is 4.95. The molecule has 0 aliphatic carbocycles. The molecule has 7 heteroatoms. The van der Waals surface area contributed by atoms with E-state index in [1.165, 1.54) is 0 Å². The second-order valence-corrected chi connectivity index (χ2v) is 8.01. The molecule has 2 aromatic heterocycles. The predicted octanol–water partition coefficient (Wildman–Crippen LogP) is 5.76. The molecule has 0 fully saturated rings. The highest BCUT2D eigenvalue weighted by atomic mass is 35.5. The van der Waals surface area contributed by atoms with Crippen LogP contribution >= 0.6 is 23.2 Å². The molecule has 4 aromatic rings. The van der Waals surface area contributed by atoms with Gasteiger partial charge in [-0.15, -0.1) is 0 Å². The zero-order valence-corrected chi connectivity index (χ0v) is 18.4. The van der Waals surface area contributed by atoms with Gasteiger partial charge in [0.15, 0.2) is 0 Å². The van der Waals surface area contributed by atoms with E-state index in [1.54, 1.807) is 30.3 Å². The Morgan fingerprint density at radius 3 is 2.55 bits per heavy atom. The van der Waals surface area contributed by atoms with E-state index in [9.17, 15) is 4.79 Å². The molecule has 5 nitrogen and oxygen atoms in total. The van der Waals surface area contributed by atoms with Gasteiger partial charge in [0, 0.05) is 53.6 Å². The summed E-state index contributed by atoms with van der Waals surface area (Å²) in [5.41, 5.74) is 4.89. The summed E-state index contributed by atoms with van der Waals surface area (Å²) < 4.78 is 0. The number of nitrogens with zero attached hydrogens (tertiary/aromatic N) is 3. The molecule has 2 aromatic carbocycles.